The van der Waals surface area contributed by atoms with Crippen LogP contribution in [0, 0.1) is 0 Å². The van der Waals surface area contributed by atoms with Gasteiger partial charge >= 0.3 is 11.9 Å². The molecule has 0 saturated carbocycles. The average molecular weight is 518 g/mol. The molecular formula is C33H27NO5. The van der Waals surface area contributed by atoms with Crippen LogP contribution in [-0.2, 0) is 22.6 Å². The summed E-state index contributed by atoms with van der Waals surface area (Å²) in [6.07, 6.45) is 2.97. The average Bonchev–Trinajstić information content (AvgIpc) is 3.39. The Labute approximate surface area is 225 Å². The summed E-state index contributed by atoms with van der Waals surface area (Å²) in [5.74, 6) is -1.37. The van der Waals surface area contributed by atoms with Crippen molar-refractivity contribution in [3.8, 4) is 11.1 Å². The number of aryl methyl sites for hydroxylation is 1. The topological polar surface area (TPSA) is 96.5 Å². The van der Waals surface area contributed by atoms with Crippen molar-refractivity contribution in [2.45, 2.75) is 25.9 Å². The summed E-state index contributed by atoms with van der Waals surface area (Å²) in [4.78, 5) is 40.7. The minimum atomic E-state index is -0.837. The first-order valence-corrected chi connectivity index (χ1v) is 12.8. The van der Waals surface area contributed by atoms with E-state index in [1.807, 2.05) is 85.1 Å². The highest BCUT2D eigenvalue weighted by Gasteiger charge is 2.20. The molecule has 194 valence electrons. The van der Waals surface area contributed by atoms with Crippen LogP contribution in [0.4, 0.5) is 0 Å². The number of fused-ring (bicyclic) bond motifs is 1. The third-order valence-corrected chi connectivity index (χ3v) is 6.68. The number of carbonyl (C=O) groups is 3. The van der Waals surface area contributed by atoms with Crippen LogP contribution in [0.25, 0.3) is 22.0 Å². The summed E-state index contributed by atoms with van der Waals surface area (Å²) in [5, 5.41) is 9.84. The number of ether oxygens (including phenoxy) is 1. The maximum Gasteiger partial charge on any atom is 0.338 e. The molecule has 2 N–H and O–H groups in total. The highest BCUT2D eigenvalue weighted by molar-refractivity contribution is 6.19. The van der Waals surface area contributed by atoms with E-state index in [9.17, 15) is 14.4 Å². The van der Waals surface area contributed by atoms with Crippen molar-refractivity contribution in [2.75, 3.05) is 0 Å². The second-order valence-corrected chi connectivity index (χ2v) is 9.30. The molecule has 1 aromatic heterocycles. The van der Waals surface area contributed by atoms with Gasteiger partial charge in [0.05, 0.1) is 5.56 Å². The lowest BCUT2D eigenvalue weighted by Crippen LogP contribution is -2.06. The zero-order chi connectivity index (χ0) is 27.2. The molecule has 0 atom stereocenters. The summed E-state index contributed by atoms with van der Waals surface area (Å²) in [6.45, 7) is 0.196. The van der Waals surface area contributed by atoms with Crippen LogP contribution in [0.5, 0.6) is 0 Å². The number of carbonyl (C=O) groups excluding carboxylic acids is 2. The molecule has 0 amide bonds. The van der Waals surface area contributed by atoms with Crippen molar-refractivity contribution in [3.05, 3.63) is 131 Å². The molecule has 0 saturated heterocycles. The lowest BCUT2D eigenvalue weighted by molar-refractivity contribution is -0.137. The number of ketones is 1. The Kier molecular flexibility index (Phi) is 7.64. The third kappa shape index (κ3) is 5.80. The summed E-state index contributed by atoms with van der Waals surface area (Å²) >= 11 is 0. The number of hydrogen-bond acceptors (Lipinski definition) is 4. The molecule has 0 aliphatic carbocycles. The molecule has 1 heterocycles. The van der Waals surface area contributed by atoms with Crippen LogP contribution >= 0.6 is 0 Å². The minimum absolute atomic E-state index is 0.0708. The summed E-state index contributed by atoms with van der Waals surface area (Å²) in [6, 6.07) is 29.5. The van der Waals surface area contributed by atoms with E-state index in [-0.39, 0.29) is 18.8 Å². The summed E-state index contributed by atoms with van der Waals surface area (Å²) < 4.78 is 5.44. The van der Waals surface area contributed by atoms with E-state index in [1.54, 1.807) is 18.2 Å². The van der Waals surface area contributed by atoms with E-state index < -0.39 is 11.9 Å². The number of carboxylic acid groups (broad SMARTS) is 1. The maximum absolute atomic E-state index is 13.9. The second-order valence-electron chi connectivity index (χ2n) is 9.30. The van der Waals surface area contributed by atoms with Gasteiger partial charge in [-0.2, -0.15) is 0 Å². The zero-order valence-electron chi connectivity index (χ0n) is 21.2. The Morgan fingerprint density at radius 2 is 1.49 bits per heavy atom. The van der Waals surface area contributed by atoms with Gasteiger partial charge in [0.25, 0.3) is 0 Å². The first kappa shape index (κ1) is 25.7. The molecule has 5 aromatic rings. The minimum Gasteiger partial charge on any atom is -0.481 e. The lowest BCUT2D eigenvalue weighted by atomic mass is 9.91. The molecule has 0 radical (unpaired) electrons. The quantitative estimate of drug-likeness (QED) is 0.156. The Morgan fingerprint density at radius 3 is 2.26 bits per heavy atom. The number of hydrogen-bond donors (Lipinski definition) is 2. The van der Waals surface area contributed by atoms with Gasteiger partial charge in [-0.25, -0.2) is 4.79 Å². The van der Waals surface area contributed by atoms with Gasteiger partial charge in [-0.1, -0.05) is 78.9 Å². The molecule has 0 fully saturated rings. The molecule has 0 aliphatic rings. The SMILES string of the molecule is O=C(O)CCCc1c[nH]c2cccc(C(=O)c3ccccc3-c3ccc(C(=O)OCc4ccccc4)cc3)c12. The smallest absolute Gasteiger partial charge is 0.338 e. The predicted octanol–water partition coefficient (Wildman–Crippen LogP) is 6.83. The Morgan fingerprint density at radius 1 is 0.769 bits per heavy atom. The second kappa shape index (κ2) is 11.6. The van der Waals surface area contributed by atoms with Crippen molar-refractivity contribution in [1.29, 1.82) is 0 Å². The van der Waals surface area contributed by atoms with E-state index >= 15 is 0 Å². The number of esters is 1. The van der Waals surface area contributed by atoms with E-state index in [4.69, 9.17) is 9.84 Å². The van der Waals surface area contributed by atoms with Gasteiger partial charge < -0.3 is 14.8 Å². The number of aliphatic carboxylic acids is 1. The van der Waals surface area contributed by atoms with Crippen LogP contribution < -0.4 is 0 Å². The first-order chi connectivity index (χ1) is 19.0. The number of aromatic amines is 1. The van der Waals surface area contributed by atoms with Crippen LogP contribution in [0.1, 0.15) is 50.2 Å². The molecule has 5 rings (SSSR count). The maximum atomic E-state index is 13.9. The van der Waals surface area contributed by atoms with Crippen LogP contribution in [0.3, 0.4) is 0 Å². The number of nitrogens with one attached hydrogen (secondary N) is 1. The largest absolute Gasteiger partial charge is 0.481 e. The van der Waals surface area contributed by atoms with E-state index in [1.165, 1.54) is 0 Å². The van der Waals surface area contributed by atoms with Crippen molar-refractivity contribution in [2.24, 2.45) is 0 Å². The van der Waals surface area contributed by atoms with Gasteiger partial charge in [0.2, 0.25) is 0 Å². The van der Waals surface area contributed by atoms with Gasteiger partial charge in [-0.05, 0) is 53.3 Å². The van der Waals surface area contributed by atoms with Crippen molar-refractivity contribution < 1.29 is 24.2 Å². The molecule has 6 nitrogen and oxygen atoms in total. The Bertz CT molecular complexity index is 1630. The molecule has 0 aliphatic heterocycles. The molecule has 0 unspecified atom stereocenters. The number of rotatable bonds is 10. The Balaban J connectivity index is 1.40. The molecular weight excluding hydrogens is 490 g/mol. The predicted molar refractivity (Wildman–Crippen MR) is 150 cm³/mol. The van der Waals surface area contributed by atoms with Gasteiger partial charge in [-0.15, -0.1) is 0 Å². The Hall–Kier alpha value is -4.97. The van der Waals surface area contributed by atoms with Crippen molar-refractivity contribution in [1.82, 2.24) is 4.98 Å². The van der Waals surface area contributed by atoms with Crippen molar-refractivity contribution in [3.63, 3.8) is 0 Å². The van der Waals surface area contributed by atoms with Crippen LogP contribution in [0.2, 0.25) is 0 Å². The fraction of sp³-hybridized carbons (Fsp3) is 0.121. The highest BCUT2D eigenvalue weighted by atomic mass is 16.5. The number of aromatic nitrogens is 1. The number of benzene rings is 4. The summed E-state index contributed by atoms with van der Waals surface area (Å²) in [7, 11) is 0. The van der Waals surface area contributed by atoms with Gasteiger partial charge in [0.15, 0.2) is 5.78 Å². The molecule has 0 spiro atoms. The fourth-order valence-electron chi connectivity index (χ4n) is 4.74. The highest BCUT2D eigenvalue weighted by Crippen LogP contribution is 2.30. The van der Waals surface area contributed by atoms with E-state index in [0.717, 1.165) is 33.2 Å². The van der Waals surface area contributed by atoms with Gasteiger partial charge in [0.1, 0.15) is 6.61 Å². The van der Waals surface area contributed by atoms with E-state index in [0.29, 0.717) is 29.5 Å². The zero-order valence-corrected chi connectivity index (χ0v) is 21.2. The van der Waals surface area contributed by atoms with Gasteiger partial charge in [-0.3, -0.25) is 9.59 Å². The fourth-order valence-corrected chi connectivity index (χ4v) is 4.74. The monoisotopic (exact) mass is 517 g/mol. The first-order valence-electron chi connectivity index (χ1n) is 12.8. The number of H-pyrrole nitrogens is 1. The molecule has 4 aromatic carbocycles. The van der Waals surface area contributed by atoms with Crippen LogP contribution in [0.15, 0.2) is 103 Å². The summed E-state index contributed by atoms with van der Waals surface area (Å²) in [5.41, 5.74) is 5.77. The molecule has 0 bridgehead atoms. The molecule has 39 heavy (non-hydrogen) atoms. The normalized spacial score (nSPS) is 10.9. The van der Waals surface area contributed by atoms with Crippen LogP contribution in [-0.4, -0.2) is 27.8 Å². The standard InChI is InChI=1S/C33H27NO5/c35-30(36)15-6-10-25-20-34-29-14-7-13-28(31(25)29)32(37)27-12-5-4-11-26(27)23-16-18-24(19-17-23)33(38)39-21-22-8-2-1-3-9-22/h1-5,7-9,11-14,16-20,34H,6,10,15,21H2,(H,35,36). The van der Waals surface area contributed by atoms with Gasteiger partial charge in [0, 0.05) is 34.6 Å². The third-order valence-electron chi connectivity index (χ3n) is 6.68. The lowest BCUT2D eigenvalue weighted by Gasteiger charge is -2.12. The van der Waals surface area contributed by atoms with Crippen molar-refractivity contribution >= 4 is 28.6 Å². The van der Waals surface area contributed by atoms with E-state index in [2.05, 4.69) is 4.98 Å². The molecule has 6 heteroatoms. The number of carboxylic acids is 1.